The van der Waals surface area contributed by atoms with E-state index in [9.17, 15) is 4.21 Å². The highest BCUT2D eigenvalue weighted by Gasteiger charge is 2.44. The first-order chi connectivity index (χ1) is 9.75. The van der Waals surface area contributed by atoms with Crippen LogP contribution in [0.1, 0.15) is 31.7 Å². The van der Waals surface area contributed by atoms with Gasteiger partial charge in [-0.25, -0.2) is 0 Å². The molecule has 0 N–H and O–H groups in total. The van der Waals surface area contributed by atoms with Crippen LogP contribution >= 0.6 is 0 Å². The van der Waals surface area contributed by atoms with Gasteiger partial charge in [0.25, 0.3) is 0 Å². The second kappa shape index (κ2) is 5.49. The molecule has 3 atom stereocenters. The lowest BCUT2D eigenvalue weighted by Gasteiger charge is -2.38. The van der Waals surface area contributed by atoms with Crippen molar-refractivity contribution in [3.05, 3.63) is 23.8 Å². The average molecular weight is 292 g/mol. The molecule has 3 aliphatic rings. The molecule has 1 aromatic rings. The molecule has 4 rings (SSSR count). The van der Waals surface area contributed by atoms with Crippen molar-refractivity contribution in [2.45, 2.75) is 37.1 Å². The summed E-state index contributed by atoms with van der Waals surface area (Å²) in [5, 5.41) is 0. The Kier molecular flexibility index (Phi) is 3.87. The molecule has 0 saturated carbocycles. The highest BCUT2D eigenvalue weighted by Crippen LogP contribution is 2.48. The van der Waals surface area contributed by atoms with Gasteiger partial charge in [-0.3, -0.25) is 4.21 Å². The Balaban J connectivity index is 0.000000581. The van der Waals surface area contributed by atoms with Gasteiger partial charge in [-0.2, -0.15) is 0 Å². The van der Waals surface area contributed by atoms with Crippen LogP contribution in [0.25, 0.3) is 0 Å². The minimum atomic E-state index is -0.784. The zero-order valence-corrected chi connectivity index (χ0v) is 13.4. The maximum Gasteiger partial charge on any atom is 0.0625 e. The first-order valence-corrected chi connectivity index (χ1v) is 9.04. The van der Waals surface area contributed by atoms with Crippen molar-refractivity contribution in [2.75, 3.05) is 37.3 Å². The van der Waals surface area contributed by atoms with Crippen molar-refractivity contribution in [3.8, 4) is 0 Å². The molecule has 3 aliphatic heterocycles. The van der Waals surface area contributed by atoms with Crippen LogP contribution in [0, 0.1) is 0 Å². The molecule has 0 radical (unpaired) electrons. The number of benzene rings is 1. The monoisotopic (exact) mass is 292 g/mol. The minimum absolute atomic E-state index is 0.619. The Labute approximate surface area is 124 Å². The summed E-state index contributed by atoms with van der Waals surface area (Å²) in [6, 6.07) is 7.04. The average Bonchev–Trinajstić information content (AvgIpc) is 2.80. The summed E-state index contributed by atoms with van der Waals surface area (Å²) < 4.78 is 12.2. The van der Waals surface area contributed by atoms with E-state index in [0.717, 1.165) is 23.7 Å². The summed E-state index contributed by atoms with van der Waals surface area (Å²) in [6.45, 7) is 7.30. The Bertz CT molecular complexity index is 531. The van der Waals surface area contributed by atoms with E-state index in [1.54, 1.807) is 0 Å². The predicted molar refractivity (Wildman–Crippen MR) is 85.1 cm³/mol. The second-order valence-corrected chi connectivity index (χ2v) is 7.20. The van der Waals surface area contributed by atoms with Crippen LogP contribution in [0.5, 0.6) is 0 Å². The van der Waals surface area contributed by atoms with Crippen molar-refractivity contribution in [3.63, 3.8) is 0 Å². The summed E-state index contributed by atoms with van der Waals surface area (Å²) in [7, 11) is 1.42. The minimum Gasteiger partial charge on any atom is -0.366 e. The van der Waals surface area contributed by atoms with Crippen LogP contribution in [0.2, 0.25) is 0 Å². The van der Waals surface area contributed by atoms with E-state index in [2.05, 4.69) is 35.0 Å². The van der Waals surface area contributed by atoms with Crippen LogP contribution in [0.4, 0.5) is 5.69 Å². The Morgan fingerprint density at radius 2 is 2.05 bits per heavy atom. The summed E-state index contributed by atoms with van der Waals surface area (Å²) >= 11 is 0. The molecule has 110 valence electrons. The highest BCUT2D eigenvalue weighted by molar-refractivity contribution is 7.85. The van der Waals surface area contributed by atoms with Crippen molar-refractivity contribution < 1.29 is 4.21 Å². The number of para-hydroxylation sites is 1. The van der Waals surface area contributed by atoms with Gasteiger partial charge in [0.05, 0.1) is 21.4 Å². The number of anilines is 1. The zero-order valence-electron chi connectivity index (χ0n) is 12.6. The lowest BCUT2D eigenvalue weighted by Crippen LogP contribution is -2.46. The number of rotatable bonds is 0. The molecule has 4 heteroatoms. The largest absolute Gasteiger partial charge is 0.366 e. The second-order valence-electron chi connectivity index (χ2n) is 5.66. The number of hydrogen-bond acceptors (Lipinski definition) is 3. The van der Waals surface area contributed by atoms with Gasteiger partial charge >= 0.3 is 0 Å². The lowest BCUT2D eigenvalue weighted by atomic mass is 9.89. The van der Waals surface area contributed by atoms with Crippen LogP contribution in [-0.4, -0.2) is 47.6 Å². The highest BCUT2D eigenvalue weighted by atomic mass is 32.2. The first-order valence-electron chi connectivity index (χ1n) is 7.72. The molecule has 0 aliphatic carbocycles. The fourth-order valence-corrected chi connectivity index (χ4v) is 5.11. The zero-order chi connectivity index (χ0) is 14.3. The van der Waals surface area contributed by atoms with Gasteiger partial charge in [0.1, 0.15) is 0 Å². The van der Waals surface area contributed by atoms with Crippen molar-refractivity contribution in [1.29, 1.82) is 0 Å². The van der Waals surface area contributed by atoms with E-state index < -0.39 is 10.8 Å². The van der Waals surface area contributed by atoms with E-state index in [0.29, 0.717) is 12.0 Å². The third-order valence-electron chi connectivity index (χ3n) is 4.66. The van der Waals surface area contributed by atoms with Gasteiger partial charge < -0.3 is 9.80 Å². The van der Waals surface area contributed by atoms with Crippen molar-refractivity contribution in [2.24, 2.45) is 0 Å². The van der Waals surface area contributed by atoms with E-state index in [-0.39, 0.29) is 0 Å². The van der Waals surface area contributed by atoms with Gasteiger partial charge in [-0.1, -0.05) is 26.0 Å². The maximum atomic E-state index is 12.2. The third-order valence-corrected chi connectivity index (χ3v) is 6.03. The molecule has 3 heterocycles. The number of fused-ring (bicyclic) bond motifs is 3. The molecule has 0 amide bonds. The molecule has 3 nitrogen and oxygen atoms in total. The Morgan fingerprint density at radius 3 is 2.85 bits per heavy atom. The maximum absolute atomic E-state index is 12.2. The molecule has 1 saturated heterocycles. The van der Waals surface area contributed by atoms with Gasteiger partial charge in [0.2, 0.25) is 0 Å². The van der Waals surface area contributed by atoms with Crippen molar-refractivity contribution >= 4 is 16.5 Å². The quantitative estimate of drug-likeness (QED) is 0.734. The van der Waals surface area contributed by atoms with E-state index >= 15 is 0 Å². The fourth-order valence-electron chi connectivity index (χ4n) is 3.85. The molecular weight excluding hydrogens is 268 g/mol. The SMILES string of the molecule is CC.CN1CC[C@H]2[C@@H](C1)c1cccc3c1N2CCS3=O. The number of nitrogens with zero attached hydrogens (tertiary/aromatic N) is 2. The van der Waals surface area contributed by atoms with Crippen LogP contribution in [-0.2, 0) is 10.8 Å². The van der Waals surface area contributed by atoms with Crippen LogP contribution in [0.3, 0.4) is 0 Å². The van der Waals surface area contributed by atoms with Gasteiger partial charge in [0.15, 0.2) is 0 Å². The summed E-state index contributed by atoms with van der Waals surface area (Å²) in [4.78, 5) is 6.05. The van der Waals surface area contributed by atoms with Gasteiger partial charge in [-0.15, -0.1) is 0 Å². The van der Waals surface area contributed by atoms with E-state index in [1.807, 2.05) is 13.8 Å². The fraction of sp³-hybridized carbons (Fsp3) is 0.625. The Hall–Kier alpha value is -0.870. The first kappa shape index (κ1) is 14.1. The summed E-state index contributed by atoms with van der Waals surface area (Å²) in [5.41, 5.74) is 2.75. The van der Waals surface area contributed by atoms with E-state index in [4.69, 9.17) is 0 Å². The lowest BCUT2D eigenvalue weighted by molar-refractivity contribution is 0.232. The third kappa shape index (κ3) is 2.01. The molecule has 1 aromatic carbocycles. The molecule has 0 aromatic heterocycles. The van der Waals surface area contributed by atoms with Gasteiger partial charge in [0, 0.05) is 30.8 Å². The molecular formula is C16H24N2OS. The Morgan fingerprint density at radius 1 is 1.25 bits per heavy atom. The molecule has 0 spiro atoms. The molecule has 1 fully saturated rings. The number of piperidine rings is 1. The summed E-state index contributed by atoms with van der Waals surface area (Å²) in [6.07, 6.45) is 1.24. The van der Waals surface area contributed by atoms with Gasteiger partial charge in [-0.05, 0) is 31.6 Å². The van der Waals surface area contributed by atoms with Crippen LogP contribution < -0.4 is 4.90 Å². The topological polar surface area (TPSA) is 23.6 Å². The molecule has 20 heavy (non-hydrogen) atoms. The summed E-state index contributed by atoms with van der Waals surface area (Å²) in [5.74, 6) is 1.42. The predicted octanol–water partition coefficient (Wildman–Crippen LogP) is 2.44. The number of likely N-dealkylation sites (N-methyl/N-ethyl adjacent to an activating group) is 1. The molecule has 1 unspecified atom stereocenters. The van der Waals surface area contributed by atoms with E-state index in [1.165, 1.54) is 24.2 Å². The normalized spacial score (nSPS) is 31.1. The number of likely N-dealkylation sites (tertiary alicyclic amines) is 1. The van der Waals surface area contributed by atoms with Crippen molar-refractivity contribution in [1.82, 2.24) is 4.90 Å². The molecule has 0 bridgehead atoms. The standard InChI is InChI=1S/C14H18N2OS.C2H6/c1-15-6-5-12-11(9-15)10-3-2-4-13-14(10)16(12)7-8-18(13)17;1-2/h2-4,11-12H,5-9H2,1H3;1-2H3/t11-,12-,18?;/m0./s1. The van der Waals surface area contributed by atoms with Crippen LogP contribution in [0.15, 0.2) is 23.1 Å². The smallest absolute Gasteiger partial charge is 0.0625 e. The number of hydrogen-bond donors (Lipinski definition) is 0.